The maximum absolute atomic E-state index is 5.69. The summed E-state index contributed by atoms with van der Waals surface area (Å²) in [6.45, 7) is 7.47. The number of hydrogen-bond acceptors (Lipinski definition) is 3. The lowest BCUT2D eigenvalue weighted by Crippen LogP contribution is -2.41. The zero-order chi connectivity index (χ0) is 13.4. The molecule has 0 aromatic heterocycles. The van der Waals surface area contributed by atoms with Crippen molar-refractivity contribution in [3.8, 4) is 0 Å². The largest absolute Gasteiger partial charge is 0.327 e. The molecule has 0 aliphatic rings. The SMILES string of the molecule is CCOC(Cc1ccc(Br)cc1)(OCC)OCC. The third kappa shape index (κ3) is 4.69. The van der Waals surface area contributed by atoms with Crippen molar-refractivity contribution in [2.45, 2.75) is 33.2 Å². The molecule has 0 N–H and O–H groups in total. The minimum Gasteiger partial charge on any atom is -0.327 e. The maximum Gasteiger partial charge on any atom is 0.287 e. The highest BCUT2D eigenvalue weighted by molar-refractivity contribution is 9.10. The van der Waals surface area contributed by atoms with Crippen LogP contribution < -0.4 is 0 Å². The lowest BCUT2D eigenvalue weighted by Gasteiger charge is -2.32. The highest BCUT2D eigenvalue weighted by atomic mass is 79.9. The minimum absolute atomic E-state index is 0.552. The van der Waals surface area contributed by atoms with Crippen LogP contribution in [0.15, 0.2) is 28.7 Å². The quantitative estimate of drug-likeness (QED) is 0.683. The van der Waals surface area contributed by atoms with Crippen LogP contribution in [0.4, 0.5) is 0 Å². The third-order valence-electron chi connectivity index (χ3n) is 2.43. The van der Waals surface area contributed by atoms with E-state index in [-0.39, 0.29) is 0 Å². The lowest BCUT2D eigenvalue weighted by molar-refractivity contribution is -0.376. The second-order valence-electron chi connectivity index (χ2n) is 3.79. The zero-order valence-corrected chi connectivity index (χ0v) is 12.8. The Labute approximate surface area is 118 Å². The second kappa shape index (κ2) is 7.89. The molecule has 0 heterocycles. The van der Waals surface area contributed by atoms with E-state index in [4.69, 9.17) is 14.2 Å². The van der Waals surface area contributed by atoms with E-state index in [0.29, 0.717) is 26.2 Å². The predicted octanol–water partition coefficient (Wildman–Crippen LogP) is 3.75. The van der Waals surface area contributed by atoms with Gasteiger partial charge < -0.3 is 14.2 Å². The number of rotatable bonds is 8. The second-order valence-corrected chi connectivity index (χ2v) is 4.70. The Morgan fingerprint density at radius 1 is 0.889 bits per heavy atom. The zero-order valence-electron chi connectivity index (χ0n) is 11.2. The molecule has 0 bridgehead atoms. The third-order valence-corrected chi connectivity index (χ3v) is 2.96. The molecule has 0 aliphatic heterocycles. The van der Waals surface area contributed by atoms with Crippen LogP contribution in [0.5, 0.6) is 0 Å². The highest BCUT2D eigenvalue weighted by Crippen LogP contribution is 2.23. The molecule has 0 atom stereocenters. The molecule has 1 rings (SSSR count). The molecule has 0 spiro atoms. The standard InChI is InChI=1S/C14H21BrO3/c1-4-16-14(17-5-2,18-6-3)11-12-7-9-13(15)10-8-12/h7-10H,4-6,11H2,1-3H3. The summed E-state index contributed by atoms with van der Waals surface area (Å²) in [5, 5.41) is 0. The van der Waals surface area contributed by atoms with Gasteiger partial charge in [-0.05, 0) is 38.5 Å². The van der Waals surface area contributed by atoms with Crippen molar-refractivity contribution in [3.63, 3.8) is 0 Å². The van der Waals surface area contributed by atoms with Gasteiger partial charge in [-0.15, -0.1) is 0 Å². The lowest BCUT2D eigenvalue weighted by atomic mass is 10.1. The molecular weight excluding hydrogens is 296 g/mol. The van der Waals surface area contributed by atoms with E-state index in [1.54, 1.807) is 0 Å². The molecule has 102 valence electrons. The highest BCUT2D eigenvalue weighted by Gasteiger charge is 2.32. The van der Waals surface area contributed by atoms with Crippen LogP contribution >= 0.6 is 15.9 Å². The van der Waals surface area contributed by atoms with E-state index in [9.17, 15) is 0 Å². The van der Waals surface area contributed by atoms with Crippen molar-refractivity contribution in [3.05, 3.63) is 34.3 Å². The summed E-state index contributed by atoms with van der Waals surface area (Å²) in [6.07, 6.45) is 0.579. The minimum atomic E-state index is -0.966. The number of benzene rings is 1. The van der Waals surface area contributed by atoms with Crippen molar-refractivity contribution in [2.75, 3.05) is 19.8 Å². The van der Waals surface area contributed by atoms with Crippen LogP contribution in [0.1, 0.15) is 26.3 Å². The number of ether oxygens (including phenoxy) is 3. The van der Waals surface area contributed by atoms with E-state index >= 15 is 0 Å². The Morgan fingerprint density at radius 2 is 1.33 bits per heavy atom. The summed E-state index contributed by atoms with van der Waals surface area (Å²) in [6, 6.07) is 8.08. The fraction of sp³-hybridized carbons (Fsp3) is 0.571. The summed E-state index contributed by atoms with van der Waals surface area (Å²) < 4.78 is 18.1. The smallest absolute Gasteiger partial charge is 0.287 e. The molecule has 3 nitrogen and oxygen atoms in total. The van der Waals surface area contributed by atoms with Gasteiger partial charge in [-0.25, -0.2) is 0 Å². The van der Waals surface area contributed by atoms with E-state index in [1.165, 1.54) is 0 Å². The molecular formula is C14H21BrO3. The predicted molar refractivity (Wildman–Crippen MR) is 75.5 cm³/mol. The molecule has 1 aromatic rings. The van der Waals surface area contributed by atoms with Crippen LogP contribution in [-0.4, -0.2) is 25.8 Å². The number of hydrogen-bond donors (Lipinski definition) is 0. The first-order chi connectivity index (χ1) is 8.65. The van der Waals surface area contributed by atoms with E-state index in [2.05, 4.69) is 15.9 Å². The number of halogens is 1. The summed E-state index contributed by atoms with van der Waals surface area (Å²) in [7, 11) is 0. The summed E-state index contributed by atoms with van der Waals surface area (Å²) in [4.78, 5) is 0. The van der Waals surface area contributed by atoms with E-state index in [1.807, 2.05) is 45.0 Å². The van der Waals surface area contributed by atoms with Crippen molar-refractivity contribution in [2.24, 2.45) is 0 Å². The Hall–Kier alpha value is -0.420. The van der Waals surface area contributed by atoms with E-state index in [0.717, 1.165) is 10.0 Å². The first-order valence-corrected chi connectivity index (χ1v) is 7.11. The molecule has 4 heteroatoms. The van der Waals surface area contributed by atoms with Gasteiger partial charge in [-0.1, -0.05) is 28.1 Å². The fourth-order valence-corrected chi connectivity index (χ4v) is 2.05. The summed E-state index contributed by atoms with van der Waals surface area (Å²) in [5.74, 6) is -0.966. The van der Waals surface area contributed by atoms with Gasteiger partial charge in [-0.2, -0.15) is 0 Å². The molecule has 0 saturated heterocycles. The molecule has 0 aliphatic carbocycles. The van der Waals surface area contributed by atoms with Gasteiger partial charge in [0.2, 0.25) is 0 Å². The monoisotopic (exact) mass is 316 g/mol. The van der Waals surface area contributed by atoms with Gasteiger partial charge in [0.15, 0.2) is 0 Å². The van der Waals surface area contributed by atoms with Crippen LogP contribution in [0.2, 0.25) is 0 Å². The van der Waals surface area contributed by atoms with Gasteiger partial charge in [0.25, 0.3) is 5.97 Å². The summed E-state index contributed by atoms with van der Waals surface area (Å²) in [5.41, 5.74) is 1.12. The molecule has 18 heavy (non-hydrogen) atoms. The van der Waals surface area contributed by atoms with Crippen molar-refractivity contribution in [1.29, 1.82) is 0 Å². The van der Waals surface area contributed by atoms with Crippen molar-refractivity contribution < 1.29 is 14.2 Å². The normalized spacial score (nSPS) is 11.8. The van der Waals surface area contributed by atoms with Crippen molar-refractivity contribution >= 4 is 15.9 Å². The topological polar surface area (TPSA) is 27.7 Å². The van der Waals surface area contributed by atoms with Gasteiger partial charge in [0, 0.05) is 24.3 Å². The maximum atomic E-state index is 5.69. The van der Waals surface area contributed by atoms with E-state index < -0.39 is 5.97 Å². The Balaban J connectivity index is 2.84. The van der Waals surface area contributed by atoms with Crippen LogP contribution in [0, 0.1) is 0 Å². The average molecular weight is 317 g/mol. The Kier molecular flexibility index (Phi) is 6.86. The van der Waals surface area contributed by atoms with Gasteiger partial charge in [-0.3, -0.25) is 0 Å². The average Bonchev–Trinajstić information content (AvgIpc) is 2.33. The fourth-order valence-electron chi connectivity index (χ4n) is 1.79. The van der Waals surface area contributed by atoms with Gasteiger partial charge in [0.05, 0.1) is 6.42 Å². The van der Waals surface area contributed by atoms with Crippen LogP contribution in [0.3, 0.4) is 0 Å². The molecule has 0 unspecified atom stereocenters. The molecule has 0 amide bonds. The molecule has 0 fully saturated rings. The summed E-state index contributed by atoms with van der Waals surface area (Å²) >= 11 is 3.42. The van der Waals surface area contributed by atoms with Gasteiger partial charge >= 0.3 is 0 Å². The molecule has 1 aromatic carbocycles. The molecule has 0 saturated carbocycles. The van der Waals surface area contributed by atoms with Gasteiger partial charge in [0.1, 0.15) is 0 Å². The Morgan fingerprint density at radius 3 is 1.72 bits per heavy atom. The van der Waals surface area contributed by atoms with Crippen LogP contribution in [0.25, 0.3) is 0 Å². The first-order valence-electron chi connectivity index (χ1n) is 6.32. The van der Waals surface area contributed by atoms with Crippen LogP contribution in [-0.2, 0) is 20.6 Å². The van der Waals surface area contributed by atoms with Crippen molar-refractivity contribution in [1.82, 2.24) is 0 Å². The Bertz CT molecular complexity index is 320. The first kappa shape index (κ1) is 15.6. The molecule has 0 radical (unpaired) electrons.